The minimum atomic E-state index is 0.694. The molecule has 2 aromatic rings. The minimum Gasteiger partial charge on any atom is -0.357 e. The lowest BCUT2D eigenvalue weighted by Gasteiger charge is -2.26. The molecule has 1 fully saturated rings. The number of nitrogens with one attached hydrogen (secondary N) is 2. The lowest BCUT2D eigenvalue weighted by Crippen LogP contribution is -2.37. The number of aliphatic imine (C=N–C) groups is 1. The van der Waals surface area contributed by atoms with Crippen molar-refractivity contribution < 1.29 is 0 Å². The Bertz CT molecular complexity index is 703. The Morgan fingerprint density at radius 1 is 0.966 bits per heavy atom. The van der Waals surface area contributed by atoms with E-state index < -0.39 is 0 Å². The minimum absolute atomic E-state index is 0.694. The van der Waals surface area contributed by atoms with Crippen LogP contribution in [0, 0.1) is 0 Å². The highest BCUT2D eigenvalue weighted by atomic mass is 15.2. The van der Waals surface area contributed by atoms with Gasteiger partial charge in [-0.05, 0) is 56.8 Å². The van der Waals surface area contributed by atoms with Gasteiger partial charge in [0.05, 0.1) is 6.54 Å². The van der Waals surface area contributed by atoms with E-state index in [1.54, 1.807) is 12.7 Å². The Morgan fingerprint density at radius 2 is 1.69 bits per heavy atom. The molecule has 1 aliphatic heterocycles. The van der Waals surface area contributed by atoms with Crippen LogP contribution in [0.3, 0.4) is 0 Å². The molecular formula is C22H35N7. The van der Waals surface area contributed by atoms with Crippen LogP contribution in [0.15, 0.2) is 41.9 Å². The maximum atomic E-state index is 4.74. The molecule has 0 saturated carbocycles. The van der Waals surface area contributed by atoms with Crippen molar-refractivity contribution in [1.82, 2.24) is 30.3 Å². The fourth-order valence-corrected chi connectivity index (χ4v) is 3.60. The topological polar surface area (TPSA) is 70.4 Å². The van der Waals surface area contributed by atoms with Crippen molar-refractivity contribution in [3.63, 3.8) is 0 Å². The van der Waals surface area contributed by atoms with Crippen LogP contribution in [0.5, 0.6) is 0 Å². The first kappa shape index (κ1) is 21.3. The first-order valence-electron chi connectivity index (χ1n) is 11.0. The van der Waals surface area contributed by atoms with Gasteiger partial charge in [0, 0.05) is 26.2 Å². The summed E-state index contributed by atoms with van der Waals surface area (Å²) in [6.45, 7) is 9.06. The Balaban J connectivity index is 1.40. The summed E-state index contributed by atoms with van der Waals surface area (Å²) in [6.07, 6.45) is 9.75. The van der Waals surface area contributed by atoms with E-state index in [0.717, 1.165) is 45.0 Å². The summed E-state index contributed by atoms with van der Waals surface area (Å²) < 4.78 is 2.01. The van der Waals surface area contributed by atoms with E-state index in [0.29, 0.717) is 6.54 Å². The Kier molecular flexibility index (Phi) is 8.97. The first-order valence-corrected chi connectivity index (χ1v) is 11.0. The molecule has 0 radical (unpaired) electrons. The van der Waals surface area contributed by atoms with Gasteiger partial charge in [-0.25, -0.2) is 4.99 Å². The van der Waals surface area contributed by atoms with Crippen LogP contribution in [0.1, 0.15) is 50.2 Å². The van der Waals surface area contributed by atoms with Crippen molar-refractivity contribution in [2.45, 2.75) is 58.7 Å². The number of aromatic nitrogens is 3. The molecule has 0 amide bonds. The number of hydrogen-bond donors (Lipinski definition) is 2. The molecule has 0 spiro atoms. The number of benzene rings is 1. The molecular weight excluding hydrogens is 362 g/mol. The average Bonchev–Trinajstić information content (AvgIpc) is 3.27. The zero-order chi connectivity index (χ0) is 20.2. The summed E-state index contributed by atoms with van der Waals surface area (Å²) in [5.74, 6) is 0.884. The van der Waals surface area contributed by atoms with Crippen LogP contribution in [0.25, 0.3) is 0 Å². The Labute approximate surface area is 174 Å². The quantitative estimate of drug-likeness (QED) is 0.366. The van der Waals surface area contributed by atoms with Crippen molar-refractivity contribution in [3.8, 4) is 0 Å². The summed E-state index contributed by atoms with van der Waals surface area (Å²) in [5, 5.41) is 14.4. The van der Waals surface area contributed by atoms with E-state index in [1.807, 2.05) is 4.57 Å². The number of nitrogens with zero attached hydrogens (tertiary/aromatic N) is 5. The summed E-state index contributed by atoms with van der Waals surface area (Å²) in [7, 11) is 0. The standard InChI is InChI=1S/C22H35N7/c1-2-23-22(24-12-4-7-15-29-18-26-27-19-29)25-16-20-8-10-21(11-9-20)17-28-13-5-3-6-14-28/h8-11,18-19H,2-7,12-17H2,1H3,(H2,23,24,25). The van der Waals surface area contributed by atoms with Gasteiger partial charge in [0.25, 0.3) is 0 Å². The largest absolute Gasteiger partial charge is 0.357 e. The molecule has 158 valence electrons. The highest BCUT2D eigenvalue weighted by Gasteiger charge is 2.10. The van der Waals surface area contributed by atoms with Gasteiger partial charge in [0.1, 0.15) is 12.7 Å². The van der Waals surface area contributed by atoms with Gasteiger partial charge in [-0.1, -0.05) is 30.7 Å². The number of guanidine groups is 1. The smallest absolute Gasteiger partial charge is 0.191 e. The number of hydrogen-bond acceptors (Lipinski definition) is 4. The third-order valence-electron chi connectivity index (χ3n) is 5.24. The van der Waals surface area contributed by atoms with Gasteiger partial charge >= 0.3 is 0 Å². The first-order chi connectivity index (χ1) is 14.3. The average molecular weight is 398 g/mol. The van der Waals surface area contributed by atoms with E-state index in [-0.39, 0.29) is 0 Å². The Morgan fingerprint density at radius 3 is 2.41 bits per heavy atom. The van der Waals surface area contributed by atoms with Crippen LogP contribution in [0.4, 0.5) is 0 Å². The molecule has 1 aromatic carbocycles. The molecule has 0 atom stereocenters. The predicted molar refractivity (Wildman–Crippen MR) is 118 cm³/mol. The van der Waals surface area contributed by atoms with Crippen LogP contribution in [-0.4, -0.2) is 51.8 Å². The third-order valence-corrected chi connectivity index (χ3v) is 5.24. The van der Waals surface area contributed by atoms with E-state index in [1.165, 1.54) is 43.5 Å². The van der Waals surface area contributed by atoms with E-state index in [9.17, 15) is 0 Å². The summed E-state index contributed by atoms with van der Waals surface area (Å²) in [5.41, 5.74) is 2.65. The monoisotopic (exact) mass is 397 g/mol. The van der Waals surface area contributed by atoms with Crippen LogP contribution < -0.4 is 10.6 Å². The molecule has 7 heteroatoms. The van der Waals surface area contributed by atoms with Crippen molar-refractivity contribution in [3.05, 3.63) is 48.0 Å². The molecule has 1 aromatic heterocycles. The SMILES string of the molecule is CCNC(=NCc1ccc(CN2CCCCC2)cc1)NCCCCn1cnnc1. The second-order valence-electron chi connectivity index (χ2n) is 7.68. The number of piperidine rings is 1. The van der Waals surface area contributed by atoms with Crippen molar-refractivity contribution in [2.75, 3.05) is 26.2 Å². The van der Waals surface area contributed by atoms with Crippen molar-refractivity contribution >= 4 is 5.96 Å². The number of rotatable bonds is 10. The summed E-state index contributed by atoms with van der Waals surface area (Å²) >= 11 is 0. The second kappa shape index (κ2) is 12.2. The van der Waals surface area contributed by atoms with Crippen LogP contribution >= 0.6 is 0 Å². The highest BCUT2D eigenvalue weighted by molar-refractivity contribution is 5.79. The lowest BCUT2D eigenvalue weighted by atomic mass is 10.1. The maximum absolute atomic E-state index is 4.74. The molecule has 1 saturated heterocycles. The summed E-state index contributed by atoms with van der Waals surface area (Å²) in [6, 6.07) is 8.94. The van der Waals surface area contributed by atoms with Gasteiger partial charge in [-0.15, -0.1) is 10.2 Å². The van der Waals surface area contributed by atoms with Gasteiger partial charge < -0.3 is 15.2 Å². The van der Waals surface area contributed by atoms with Gasteiger partial charge in [-0.2, -0.15) is 0 Å². The van der Waals surface area contributed by atoms with Crippen LogP contribution in [0.2, 0.25) is 0 Å². The molecule has 0 unspecified atom stereocenters. The normalized spacial score (nSPS) is 15.4. The molecule has 2 heterocycles. The fraction of sp³-hybridized carbons (Fsp3) is 0.591. The molecule has 1 aliphatic rings. The molecule has 7 nitrogen and oxygen atoms in total. The second-order valence-corrected chi connectivity index (χ2v) is 7.68. The zero-order valence-corrected chi connectivity index (χ0v) is 17.7. The van der Waals surface area contributed by atoms with Crippen molar-refractivity contribution in [2.24, 2.45) is 4.99 Å². The van der Waals surface area contributed by atoms with Gasteiger partial charge in [-0.3, -0.25) is 4.90 Å². The fourth-order valence-electron chi connectivity index (χ4n) is 3.60. The van der Waals surface area contributed by atoms with E-state index in [4.69, 9.17) is 4.99 Å². The number of unbranched alkanes of at least 4 members (excludes halogenated alkanes) is 1. The third kappa shape index (κ3) is 7.85. The molecule has 3 rings (SSSR count). The van der Waals surface area contributed by atoms with E-state index in [2.05, 4.69) is 56.9 Å². The maximum Gasteiger partial charge on any atom is 0.191 e. The number of aryl methyl sites for hydroxylation is 1. The van der Waals surface area contributed by atoms with Crippen molar-refractivity contribution in [1.29, 1.82) is 0 Å². The van der Waals surface area contributed by atoms with Crippen LogP contribution in [-0.2, 0) is 19.6 Å². The Hall–Kier alpha value is -2.41. The highest BCUT2D eigenvalue weighted by Crippen LogP contribution is 2.14. The molecule has 2 N–H and O–H groups in total. The zero-order valence-electron chi connectivity index (χ0n) is 17.7. The van der Waals surface area contributed by atoms with E-state index >= 15 is 0 Å². The predicted octanol–water partition coefficient (Wildman–Crippen LogP) is 2.80. The van der Waals surface area contributed by atoms with Gasteiger partial charge in [0.15, 0.2) is 5.96 Å². The summed E-state index contributed by atoms with van der Waals surface area (Å²) in [4.78, 5) is 7.30. The molecule has 0 aliphatic carbocycles. The van der Waals surface area contributed by atoms with Gasteiger partial charge in [0.2, 0.25) is 0 Å². The number of likely N-dealkylation sites (tertiary alicyclic amines) is 1. The molecule has 29 heavy (non-hydrogen) atoms. The molecule has 0 bridgehead atoms. The lowest BCUT2D eigenvalue weighted by molar-refractivity contribution is 0.221.